The van der Waals surface area contributed by atoms with Crippen molar-refractivity contribution in [1.82, 2.24) is 0 Å². The molecule has 82 valence electrons. The van der Waals surface area contributed by atoms with E-state index in [2.05, 4.69) is 15.9 Å². The van der Waals surface area contributed by atoms with E-state index in [9.17, 15) is 10.2 Å². The van der Waals surface area contributed by atoms with Crippen LogP contribution >= 0.6 is 15.9 Å². The van der Waals surface area contributed by atoms with Gasteiger partial charge in [0.2, 0.25) is 0 Å². The molecule has 0 spiro atoms. The van der Waals surface area contributed by atoms with Gasteiger partial charge in [-0.1, -0.05) is 15.9 Å². The highest BCUT2D eigenvalue weighted by molar-refractivity contribution is 9.10. The van der Waals surface area contributed by atoms with E-state index in [4.69, 9.17) is 4.74 Å². The Kier molecular flexibility index (Phi) is 2.53. The lowest BCUT2D eigenvalue weighted by atomic mass is 9.89. The molecule has 0 aliphatic carbocycles. The summed E-state index contributed by atoms with van der Waals surface area (Å²) >= 11 is 3.32. The van der Waals surface area contributed by atoms with Crippen molar-refractivity contribution in [3.63, 3.8) is 0 Å². The molecule has 0 saturated heterocycles. The van der Waals surface area contributed by atoms with Gasteiger partial charge in [-0.15, -0.1) is 0 Å². The van der Waals surface area contributed by atoms with Crippen LogP contribution in [0.5, 0.6) is 5.75 Å². The van der Waals surface area contributed by atoms with Crippen molar-refractivity contribution < 1.29 is 14.9 Å². The summed E-state index contributed by atoms with van der Waals surface area (Å²) in [5, 5.41) is 19.8. The van der Waals surface area contributed by atoms with Crippen molar-refractivity contribution in [2.75, 3.05) is 0 Å². The Morgan fingerprint density at radius 2 is 2.00 bits per heavy atom. The molecule has 0 radical (unpaired) electrons. The molecule has 1 aliphatic rings. The maximum atomic E-state index is 9.94. The number of ether oxygens (including phenoxy) is 1. The maximum Gasteiger partial charge on any atom is 0.132 e. The lowest BCUT2D eigenvalue weighted by molar-refractivity contribution is -0.111. The average Bonchev–Trinajstić information content (AvgIpc) is 2.16. The number of aliphatic hydroxyl groups is 2. The lowest BCUT2D eigenvalue weighted by Crippen LogP contribution is -2.48. The van der Waals surface area contributed by atoms with Gasteiger partial charge in [0, 0.05) is 10.0 Å². The van der Waals surface area contributed by atoms with Crippen molar-refractivity contribution in [1.29, 1.82) is 0 Å². The fraction of sp³-hybridized carbons (Fsp3) is 0.455. The zero-order valence-corrected chi connectivity index (χ0v) is 10.2. The zero-order valence-electron chi connectivity index (χ0n) is 8.57. The SMILES string of the molecule is CC1(C)Oc2ccc(Br)cc2[C@H](O)[C@@H]1O. The minimum absolute atomic E-state index is 0.621. The normalized spacial score (nSPS) is 28.1. The lowest BCUT2D eigenvalue weighted by Gasteiger charge is -2.40. The van der Waals surface area contributed by atoms with Crippen molar-refractivity contribution in [3.8, 4) is 5.75 Å². The van der Waals surface area contributed by atoms with Gasteiger partial charge >= 0.3 is 0 Å². The van der Waals surface area contributed by atoms with E-state index in [0.29, 0.717) is 11.3 Å². The van der Waals surface area contributed by atoms with E-state index in [1.165, 1.54) is 0 Å². The van der Waals surface area contributed by atoms with E-state index in [0.717, 1.165) is 4.47 Å². The molecular weight excluding hydrogens is 260 g/mol. The van der Waals surface area contributed by atoms with E-state index in [-0.39, 0.29) is 0 Å². The van der Waals surface area contributed by atoms with Gasteiger partial charge in [-0.25, -0.2) is 0 Å². The Morgan fingerprint density at radius 3 is 2.67 bits per heavy atom. The first-order valence-electron chi connectivity index (χ1n) is 4.76. The van der Waals surface area contributed by atoms with Crippen molar-refractivity contribution in [3.05, 3.63) is 28.2 Å². The molecule has 0 amide bonds. The van der Waals surface area contributed by atoms with Gasteiger partial charge in [-0.3, -0.25) is 0 Å². The second kappa shape index (κ2) is 3.47. The number of hydrogen-bond acceptors (Lipinski definition) is 3. The summed E-state index contributed by atoms with van der Waals surface area (Å²) in [6, 6.07) is 5.40. The van der Waals surface area contributed by atoms with Crippen LogP contribution in [0.2, 0.25) is 0 Å². The van der Waals surface area contributed by atoms with Crippen LogP contribution in [0, 0.1) is 0 Å². The smallest absolute Gasteiger partial charge is 0.132 e. The summed E-state index contributed by atoms with van der Waals surface area (Å²) < 4.78 is 6.48. The van der Waals surface area contributed by atoms with Gasteiger partial charge in [-0.05, 0) is 32.0 Å². The third-order valence-electron chi connectivity index (χ3n) is 2.67. The van der Waals surface area contributed by atoms with E-state index in [1.807, 2.05) is 6.07 Å². The average molecular weight is 273 g/mol. The predicted octanol–water partition coefficient (Wildman–Crippen LogP) is 2.01. The highest BCUT2D eigenvalue weighted by atomic mass is 79.9. The molecule has 1 aromatic rings. The molecule has 0 aromatic heterocycles. The first-order chi connectivity index (χ1) is 6.92. The molecular formula is C11H13BrO3. The van der Waals surface area contributed by atoms with Crippen molar-refractivity contribution in [2.24, 2.45) is 0 Å². The minimum Gasteiger partial charge on any atom is -0.485 e. The van der Waals surface area contributed by atoms with Crippen LogP contribution in [0.15, 0.2) is 22.7 Å². The molecule has 2 rings (SSSR count). The molecule has 0 unspecified atom stereocenters. The predicted molar refractivity (Wildman–Crippen MR) is 59.8 cm³/mol. The molecule has 1 aliphatic heterocycles. The van der Waals surface area contributed by atoms with Gasteiger partial charge in [-0.2, -0.15) is 0 Å². The number of rotatable bonds is 0. The number of aliphatic hydroxyl groups excluding tert-OH is 2. The van der Waals surface area contributed by atoms with Crippen LogP contribution in [0.4, 0.5) is 0 Å². The fourth-order valence-electron chi connectivity index (χ4n) is 1.74. The number of benzene rings is 1. The van der Waals surface area contributed by atoms with E-state index >= 15 is 0 Å². The van der Waals surface area contributed by atoms with Crippen LogP contribution in [-0.2, 0) is 0 Å². The maximum absolute atomic E-state index is 9.94. The molecule has 2 atom stereocenters. The Hall–Kier alpha value is -0.580. The third-order valence-corrected chi connectivity index (χ3v) is 3.17. The first kappa shape index (κ1) is 10.9. The van der Waals surface area contributed by atoms with Gasteiger partial charge in [0.15, 0.2) is 0 Å². The van der Waals surface area contributed by atoms with Crippen LogP contribution in [-0.4, -0.2) is 21.9 Å². The van der Waals surface area contributed by atoms with Gasteiger partial charge in [0.1, 0.15) is 23.6 Å². The van der Waals surface area contributed by atoms with E-state index < -0.39 is 17.8 Å². The zero-order chi connectivity index (χ0) is 11.2. The molecule has 0 fully saturated rings. The number of fused-ring (bicyclic) bond motifs is 1. The third kappa shape index (κ3) is 1.77. The van der Waals surface area contributed by atoms with Crippen LogP contribution in [0.3, 0.4) is 0 Å². The summed E-state index contributed by atoms with van der Waals surface area (Å²) in [4.78, 5) is 0. The summed E-state index contributed by atoms with van der Waals surface area (Å²) in [5.74, 6) is 0.626. The van der Waals surface area contributed by atoms with Crippen molar-refractivity contribution >= 4 is 15.9 Å². The second-order valence-corrected chi connectivity index (χ2v) is 5.19. The molecule has 0 saturated carbocycles. The molecule has 1 heterocycles. The van der Waals surface area contributed by atoms with Gasteiger partial charge < -0.3 is 14.9 Å². The highest BCUT2D eigenvalue weighted by Crippen LogP contribution is 2.40. The Labute approximate surface area is 96.8 Å². The summed E-state index contributed by atoms with van der Waals surface area (Å²) in [5.41, 5.74) is -0.142. The molecule has 4 heteroatoms. The van der Waals surface area contributed by atoms with Crippen LogP contribution in [0.25, 0.3) is 0 Å². The van der Waals surface area contributed by atoms with Gasteiger partial charge in [0.25, 0.3) is 0 Å². The minimum atomic E-state index is -0.917. The largest absolute Gasteiger partial charge is 0.485 e. The van der Waals surface area contributed by atoms with Crippen LogP contribution in [0.1, 0.15) is 25.5 Å². The highest BCUT2D eigenvalue weighted by Gasteiger charge is 2.41. The first-order valence-corrected chi connectivity index (χ1v) is 5.56. The quantitative estimate of drug-likeness (QED) is 0.760. The summed E-state index contributed by atoms with van der Waals surface area (Å²) in [6.07, 6.45) is -1.82. The van der Waals surface area contributed by atoms with E-state index in [1.54, 1.807) is 26.0 Å². The fourth-order valence-corrected chi connectivity index (χ4v) is 2.12. The topological polar surface area (TPSA) is 49.7 Å². The molecule has 2 N–H and O–H groups in total. The van der Waals surface area contributed by atoms with Crippen LogP contribution < -0.4 is 4.74 Å². The molecule has 3 nitrogen and oxygen atoms in total. The van der Waals surface area contributed by atoms with Gasteiger partial charge in [0.05, 0.1) is 0 Å². The Morgan fingerprint density at radius 1 is 1.33 bits per heavy atom. The number of halogens is 1. The molecule has 15 heavy (non-hydrogen) atoms. The Balaban J connectivity index is 2.50. The molecule has 1 aromatic carbocycles. The molecule has 0 bridgehead atoms. The standard InChI is InChI=1S/C11H13BrO3/c1-11(2)10(14)9(13)7-5-6(12)3-4-8(7)15-11/h3-5,9-10,13-14H,1-2H3/t9-,10-/m0/s1. The second-order valence-electron chi connectivity index (χ2n) is 4.28. The monoisotopic (exact) mass is 272 g/mol. The Bertz CT molecular complexity index is 389. The number of hydrogen-bond donors (Lipinski definition) is 2. The summed E-state index contributed by atoms with van der Waals surface area (Å²) in [7, 11) is 0. The summed E-state index contributed by atoms with van der Waals surface area (Å²) in [6.45, 7) is 3.51. The van der Waals surface area contributed by atoms with Crippen molar-refractivity contribution in [2.45, 2.75) is 31.7 Å².